The SMILES string of the molecule is [BH2-](c1cc[nH]n1)c1cc[nH]n1.[K+]. The van der Waals surface area contributed by atoms with Gasteiger partial charge in [-0.3, -0.25) is 10.2 Å². The summed E-state index contributed by atoms with van der Waals surface area (Å²) in [6.45, 7) is 0. The largest absolute Gasteiger partial charge is 1.00 e. The van der Waals surface area contributed by atoms with Crippen LogP contribution < -0.4 is 62.6 Å². The summed E-state index contributed by atoms with van der Waals surface area (Å²) in [6, 6.07) is 3.99. The van der Waals surface area contributed by atoms with E-state index in [0.29, 0.717) is 0 Å². The Labute approximate surface area is 113 Å². The molecule has 0 aliphatic heterocycles. The third kappa shape index (κ3) is 2.56. The predicted molar refractivity (Wildman–Crippen MR) is 45.0 cm³/mol. The van der Waals surface area contributed by atoms with E-state index in [-0.39, 0.29) is 58.7 Å². The first-order valence-corrected chi connectivity index (χ1v) is 3.72. The summed E-state index contributed by atoms with van der Waals surface area (Å²) in [5.41, 5.74) is 2.27. The molecule has 56 valence electrons. The molecule has 2 N–H and O–H groups in total. The van der Waals surface area contributed by atoms with Gasteiger partial charge in [0.2, 0.25) is 0 Å². The zero-order chi connectivity index (χ0) is 7.52. The molecule has 0 aromatic carbocycles. The molecule has 0 radical (unpaired) electrons. The van der Waals surface area contributed by atoms with Crippen LogP contribution in [0.4, 0.5) is 0 Å². The molecule has 0 aliphatic rings. The minimum atomic E-state index is -0.312. The van der Waals surface area contributed by atoms with Crippen molar-refractivity contribution >= 4 is 18.5 Å². The summed E-state index contributed by atoms with van der Waals surface area (Å²) in [4.78, 5) is 0. The van der Waals surface area contributed by atoms with Crippen LogP contribution in [-0.2, 0) is 0 Å². The molecule has 0 amide bonds. The van der Waals surface area contributed by atoms with Gasteiger partial charge < -0.3 is 0 Å². The van der Waals surface area contributed by atoms with Crippen molar-refractivity contribution in [2.24, 2.45) is 0 Å². The molecule has 0 saturated carbocycles. The van der Waals surface area contributed by atoms with Crippen LogP contribution >= 0.6 is 0 Å². The van der Waals surface area contributed by atoms with Crippen LogP contribution in [0.15, 0.2) is 24.5 Å². The Morgan fingerprint density at radius 3 is 1.83 bits per heavy atom. The molecule has 0 atom stereocenters. The van der Waals surface area contributed by atoms with Crippen molar-refractivity contribution in [1.82, 2.24) is 20.4 Å². The van der Waals surface area contributed by atoms with E-state index < -0.39 is 0 Å². The average molecular weight is 186 g/mol. The summed E-state index contributed by atoms with van der Waals surface area (Å²) in [7, 11) is -0.312. The van der Waals surface area contributed by atoms with Gasteiger partial charge in [0.15, 0.2) is 0 Å². The van der Waals surface area contributed by atoms with Gasteiger partial charge in [-0.25, -0.2) is 10.2 Å². The molecular weight excluding hydrogens is 178 g/mol. The Morgan fingerprint density at radius 2 is 1.50 bits per heavy atom. The van der Waals surface area contributed by atoms with Crippen molar-refractivity contribution in [3.8, 4) is 0 Å². The topological polar surface area (TPSA) is 57.4 Å². The van der Waals surface area contributed by atoms with Gasteiger partial charge in [-0.15, -0.1) is 11.2 Å². The average Bonchev–Trinajstić information content (AvgIpc) is 2.60. The molecule has 0 bridgehead atoms. The first-order chi connectivity index (χ1) is 5.45. The van der Waals surface area contributed by atoms with E-state index in [1.54, 1.807) is 0 Å². The Bertz CT molecular complexity index is 272. The molecule has 2 aromatic heterocycles. The van der Waals surface area contributed by atoms with E-state index >= 15 is 0 Å². The second-order valence-corrected chi connectivity index (χ2v) is 2.68. The van der Waals surface area contributed by atoms with Crippen molar-refractivity contribution < 1.29 is 51.4 Å². The van der Waals surface area contributed by atoms with E-state index in [9.17, 15) is 0 Å². The molecule has 0 fully saturated rings. The van der Waals surface area contributed by atoms with E-state index in [1.807, 2.05) is 24.5 Å². The fraction of sp³-hybridized carbons (Fsp3) is 0. The number of aromatic nitrogens is 4. The molecule has 0 saturated heterocycles. The zero-order valence-corrected chi connectivity index (χ0v) is 10.3. The quantitative estimate of drug-likeness (QED) is 0.463. The molecule has 2 rings (SSSR count). The Hall–Kier alpha value is 0.121. The van der Waals surface area contributed by atoms with Gasteiger partial charge in [-0.05, 0) is 0 Å². The number of rotatable bonds is 2. The molecule has 2 heterocycles. The van der Waals surface area contributed by atoms with E-state index in [1.165, 1.54) is 0 Å². The molecule has 12 heavy (non-hydrogen) atoms. The van der Waals surface area contributed by atoms with Crippen LogP contribution in [0, 0.1) is 0 Å². The monoisotopic (exact) mass is 186 g/mol. The zero-order valence-electron chi connectivity index (χ0n) is 7.20. The number of hydrogen-bond donors (Lipinski definition) is 2. The second kappa shape index (κ2) is 4.98. The Balaban J connectivity index is 0.000000720. The normalized spacial score (nSPS) is 9.33. The summed E-state index contributed by atoms with van der Waals surface area (Å²) in [5.74, 6) is 0. The number of nitrogens with zero attached hydrogens (tertiary/aromatic N) is 2. The number of aromatic amines is 2. The van der Waals surface area contributed by atoms with E-state index in [2.05, 4.69) is 20.4 Å². The maximum absolute atomic E-state index is 4.07. The number of hydrogen-bond acceptors (Lipinski definition) is 2. The molecule has 6 heteroatoms. The molecule has 2 aromatic rings. The van der Waals surface area contributed by atoms with Crippen molar-refractivity contribution in [3.63, 3.8) is 0 Å². The van der Waals surface area contributed by atoms with Gasteiger partial charge in [-0.2, -0.15) is 0 Å². The minimum absolute atomic E-state index is 0. The fourth-order valence-corrected chi connectivity index (χ4v) is 1.21. The number of H-pyrrole nitrogens is 2. The molecule has 0 aliphatic carbocycles. The van der Waals surface area contributed by atoms with Crippen molar-refractivity contribution in [2.45, 2.75) is 0 Å². The van der Waals surface area contributed by atoms with Crippen molar-refractivity contribution in [2.75, 3.05) is 0 Å². The maximum Gasteiger partial charge on any atom is 1.00 e. The van der Waals surface area contributed by atoms with Gasteiger partial charge >= 0.3 is 51.4 Å². The van der Waals surface area contributed by atoms with Gasteiger partial charge in [-0.1, -0.05) is 12.1 Å². The van der Waals surface area contributed by atoms with Crippen LogP contribution in [0.1, 0.15) is 0 Å². The fourth-order valence-electron chi connectivity index (χ4n) is 1.21. The molecule has 0 unspecified atom stereocenters. The molecular formula is C6H8BKN4. The Morgan fingerprint density at radius 1 is 1.00 bits per heavy atom. The second-order valence-electron chi connectivity index (χ2n) is 2.68. The standard InChI is InChI=1S/C6H8BN4.K/c1-3-8-10-5(1)7-6-2-4-9-11-6;/h1-4H,7H2,(H,8,10)(H,9,11);/q-1;+1. The summed E-state index contributed by atoms with van der Waals surface area (Å²) < 4.78 is 0. The Kier molecular flexibility index (Phi) is 4.24. The van der Waals surface area contributed by atoms with Crippen molar-refractivity contribution in [1.29, 1.82) is 0 Å². The third-order valence-electron chi connectivity index (χ3n) is 1.79. The van der Waals surface area contributed by atoms with Gasteiger partial charge in [0.25, 0.3) is 0 Å². The summed E-state index contributed by atoms with van der Waals surface area (Å²) in [5, 5.41) is 13.7. The van der Waals surface area contributed by atoms with Gasteiger partial charge in [0.05, 0.1) is 7.28 Å². The maximum atomic E-state index is 4.07. The van der Waals surface area contributed by atoms with Crippen LogP contribution in [0.25, 0.3) is 0 Å². The third-order valence-corrected chi connectivity index (χ3v) is 1.79. The van der Waals surface area contributed by atoms with Crippen LogP contribution in [0.2, 0.25) is 0 Å². The van der Waals surface area contributed by atoms with Crippen LogP contribution in [0.3, 0.4) is 0 Å². The molecule has 0 spiro atoms. The van der Waals surface area contributed by atoms with Crippen molar-refractivity contribution in [3.05, 3.63) is 24.5 Å². The van der Waals surface area contributed by atoms with Crippen LogP contribution in [-0.4, -0.2) is 27.7 Å². The first-order valence-electron chi connectivity index (χ1n) is 3.72. The van der Waals surface area contributed by atoms with Crippen LogP contribution in [0.5, 0.6) is 0 Å². The summed E-state index contributed by atoms with van der Waals surface area (Å²) >= 11 is 0. The first kappa shape index (κ1) is 10.2. The van der Waals surface area contributed by atoms with E-state index in [0.717, 1.165) is 11.2 Å². The van der Waals surface area contributed by atoms with Gasteiger partial charge in [0, 0.05) is 12.4 Å². The van der Waals surface area contributed by atoms with Gasteiger partial charge in [0.1, 0.15) is 0 Å². The predicted octanol–water partition coefficient (Wildman–Crippen LogP) is -4.74. The number of nitrogens with one attached hydrogen (secondary N) is 2. The summed E-state index contributed by atoms with van der Waals surface area (Å²) in [6.07, 6.45) is 3.68. The van der Waals surface area contributed by atoms with E-state index in [4.69, 9.17) is 0 Å². The smallest absolute Gasteiger partial charge is 0.289 e. The minimum Gasteiger partial charge on any atom is -0.289 e. The molecule has 4 nitrogen and oxygen atoms in total.